The smallest absolute Gasteiger partial charge is 0.306 e. The minimum absolute atomic E-state index is 0.0777. The minimum Gasteiger partial charge on any atom is -0.462 e. The summed E-state index contributed by atoms with van der Waals surface area (Å²) in [6.07, 6.45) is 83.0. The van der Waals surface area contributed by atoms with Crippen molar-refractivity contribution in [3.05, 3.63) is 122 Å². The van der Waals surface area contributed by atoms with Crippen LogP contribution in [0, 0.1) is 0 Å². The van der Waals surface area contributed by atoms with Gasteiger partial charge in [-0.25, -0.2) is 0 Å². The van der Waals surface area contributed by atoms with Gasteiger partial charge in [-0.05, 0) is 109 Å². The number of allylic oxidation sites excluding steroid dienone is 20. The molecule has 0 rings (SSSR count). The number of rotatable bonds is 49. The second-order valence-corrected chi connectivity index (χ2v) is 17.9. The third-order valence-corrected chi connectivity index (χ3v) is 11.5. The SMILES string of the molecule is CC/C=C\C/C=C\C/C=C\C/C=C\C/C=C\C/C=C\C/C=C\C/C=C\C/C=C\CCCCCCCCCCCC(=O)OC(CO)COC(=O)CCCCCCC/C=C\CCCCCCCCC. The molecule has 0 heterocycles. The van der Waals surface area contributed by atoms with E-state index in [1.165, 1.54) is 103 Å². The van der Waals surface area contributed by atoms with Crippen LogP contribution in [0.3, 0.4) is 0 Å². The van der Waals surface area contributed by atoms with Crippen molar-refractivity contribution in [2.24, 2.45) is 0 Å². The standard InChI is InChI=1S/C62H102O5/c1-3-5-7-9-11-13-15-17-19-21-22-23-24-25-26-27-28-29-30-31-32-33-34-35-36-37-38-39-40-41-43-45-47-49-51-53-55-57-62(65)67-60(58-63)59-66-61(64)56-54-52-50-48-46-44-42-20-18-16-14-12-10-8-6-4-2/h5,7,11,13,17,19-20,22-23,25-26,28-29,31-32,34-35,37-38,42,60,63H,3-4,6,8-10,12,14-16,18,21,24,27,30,33,36,39-41,43-59H2,1-2H3/b7-5-,13-11-,19-17-,23-22-,26-25-,29-28-,32-31-,35-34-,38-37-,42-20-. The average Bonchev–Trinajstić information content (AvgIpc) is 3.33. The molecule has 0 aliphatic carbocycles. The molecule has 0 aromatic heterocycles. The third kappa shape index (κ3) is 54.8. The van der Waals surface area contributed by atoms with Gasteiger partial charge in [-0.2, -0.15) is 0 Å². The van der Waals surface area contributed by atoms with E-state index in [1.54, 1.807) is 0 Å². The lowest BCUT2D eigenvalue weighted by Crippen LogP contribution is -2.28. The second-order valence-electron chi connectivity index (χ2n) is 17.9. The molecule has 5 nitrogen and oxygen atoms in total. The van der Waals surface area contributed by atoms with Gasteiger partial charge >= 0.3 is 11.9 Å². The predicted molar refractivity (Wildman–Crippen MR) is 292 cm³/mol. The van der Waals surface area contributed by atoms with Gasteiger partial charge in [0.2, 0.25) is 0 Å². The molecule has 0 saturated carbocycles. The molecule has 0 aromatic carbocycles. The van der Waals surface area contributed by atoms with Crippen LogP contribution in [-0.4, -0.2) is 36.4 Å². The highest BCUT2D eigenvalue weighted by Crippen LogP contribution is 2.14. The number of aliphatic hydroxyl groups is 1. The number of aliphatic hydroxyl groups excluding tert-OH is 1. The molecule has 1 unspecified atom stereocenters. The quantitative estimate of drug-likeness (QED) is 0.0374. The number of ether oxygens (including phenoxy) is 2. The molecular formula is C62H102O5. The number of carbonyl (C=O) groups excluding carboxylic acids is 2. The first kappa shape index (κ1) is 63.3. The monoisotopic (exact) mass is 927 g/mol. The van der Waals surface area contributed by atoms with Crippen LogP contribution in [0.25, 0.3) is 0 Å². The van der Waals surface area contributed by atoms with E-state index in [-0.39, 0.29) is 25.2 Å². The van der Waals surface area contributed by atoms with E-state index in [4.69, 9.17) is 9.47 Å². The van der Waals surface area contributed by atoms with Crippen molar-refractivity contribution in [3.63, 3.8) is 0 Å². The van der Waals surface area contributed by atoms with Crippen LogP contribution in [0.15, 0.2) is 122 Å². The molecule has 0 saturated heterocycles. The molecule has 67 heavy (non-hydrogen) atoms. The Morgan fingerprint density at radius 2 is 0.642 bits per heavy atom. The maximum absolute atomic E-state index is 12.3. The zero-order valence-corrected chi connectivity index (χ0v) is 43.4. The summed E-state index contributed by atoms with van der Waals surface area (Å²) < 4.78 is 10.7. The fraction of sp³-hybridized carbons (Fsp3) is 0.645. The Morgan fingerprint density at radius 1 is 0.358 bits per heavy atom. The summed E-state index contributed by atoms with van der Waals surface area (Å²) in [5, 5.41) is 9.63. The summed E-state index contributed by atoms with van der Waals surface area (Å²) in [5.74, 6) is -0.611. The molecule has 0 radical (unpaired) electrons. The van der Waals surface area contributed by atoms with Crippen molar-refractivity contribution in [3.8, 4) is 0 Å². The Kier molecular flexibility index (Phi) is 53.5. The second kappa shape index (κ2) is 56.6. The Balaban J connectivity index is 3.59. The van der Waals surface area contributed by atoms with Crippen LogP contribution in [0.1, 0.15) is 239 Å². The summed E-state index contributed by atoms with van der Waals surface area (Å²) in [5.41, 5.74) is 0. The first-order valence-electron chi connectivity index (χ1n) is 27.6. The zero-order valence-electron chi connectivity index (χ0n) is 43.4. The predicted octanol–water partition coefficient (Wildman–Crippen LogP) is 18.7. The average molecular weight is 927 g/mol. The Bertz CT molecular complexity index is 1370. The summed E-state index contributed by atoms with van der Waals surface area (Å²) in [6, 6.07) is 0. The van der Waals surface area contributed by atoms with Crippen LogP contribution in [0.2, 0.25) is 0 Å². The number of hydrogen-bond acceptors (Lipinski definition) is 5. The van der Waals surface area contributed by atoms with Gasteiger partial charge in [-0.3, -0.25) is 9.59 Å². The maximum Gasteiger partial charge on any atom is 0.306 e. The van der Waals surface area contributed by atoms with E-state index in [9.17, 15) is 14.7 Å². The highest BCUT2D eigenvalue weighted by molar-refractivity contribution is 5.70. The van der Waals surface area contributed by atoms with Crippen molar-refractivity contribution < 1.29 is 24.2 Å². The lowest BCUT2D eigenvalue weighted by atomic mass is 10.1. The summed E-state index contributed by atoms with van der Waals surface area (Å²) in [7, 11) is 0. The minimum atomic E-state index is -0.786. The van der Waals surface area contributed by atoms with Crippen LogP contribution in [-0.2, 0) is 19.1 Å². The zero-order chi connectivity index (χ0) is 48.5. The third-order valence-electron chi connectivity index (χ3n) is 11.5. The molecule has 0 aromatic rings. The normalized spacial score (nSPS) is 13.2. The van der Waals surface area contributed by atoms with Gasteiger partial charge in [0.1, 0.15) is 6.61 Å². The topological polar surface area (TPSA) is 72.8 Å². The summed E-state index contributed by atoms with van der Waals surface area (Å²) in [4.78, 5) is 24.5. The maximum atomic E-state index is 12.3. The molecule has 0 amide bonds. The lowest BCUT2D eigenvalue weighted by Gasteiger charge is -2.15. The lowest BCUT2D eigenvalue weighted by molar-refractivity contribution is -0.161. The van der Waals surface area contributed by atoms with Gasteiger partial charge < -0.3 is 14.6 Å². The van der Waals surface area contributed by atoms with E-state index in [0.717, 1.165) is 109 Å². The Labute approximate surface area is 413 Å². The number of esters is 2. The van der Waals surface area contributed by atoms with Gasteiger partial charge in [-0.15, -0.1) is 0 Å². The van der Waals surface area contributed by atoms with Crippen molar-refractivity contribution in [1.82, 2.24) is 0 Å². The molecule has 1 N–H and O–H groups in total. The fourth-order valence-corrected chi connectivity index (χ4v) is 7.37. The van der Waals surface area contributed by atoms with Crippen molar-refractivity contribution >= 4 is 11.9 Å². The molecule has 1 atom stereocenters. The van der Waals surface area contributed by atoms with Gasteiger partial charge in [0.25, 0.3) is 0 Å². The van der Waals surface area contributed by atoms with Crippen molar-refractivity contribution in [2.45, 2.75) is 245 Å². The molecule has 0 spiro atoms. The van der Waals surface area contributed by atoms with E-state index in [0.29, 0.717) is 12.8 Å². The number of hydrogen-bond donors (Lipinski definition) is 1. The van der Waals surface area contributed by atoms with Crippen LogP contribution < -0.4 is 0 Å². The summed E-state index contributed by atoms with van der Waals surface area (Å²) >= 11 is 0. The van der Waals surface area contributed by atoms with E-state index >= 15 is 0 Å². The van der Waals surface area contributed by atoms with Crippen molar-refractivity contribution in [2.75, 3.05) is 13.2 Å². The first-order valence-corrected chi connectivity index (χ1v) is 27.6. The Morgan fingerprint density at radius 3 is 0.985 bits per heavy atom. The highest BCUT2D eigenvalue weighted by atomic mass is 16.6. The molecule has 0 fully saturated rings. The van der Waals surface area contributed by atoms with E-state index in [1.807, 2.05) is 0 Å². The van der Waals surface area contributed by atoms with Gasteiger partial charge in [0.05, 0.1) is 6.61 Å². The molecule has 0 bridgehead atoms. The van der Waals surface area contributed by atoms with Gasteiger partial charge in [-0.1, -0.05) is 238 Å². The first-order chi connectivity index (χ1) is 33.1. The molecular weight excluding hydrogens is 825 g/mol. The number of unbranched alkanes of at least 4 members (excludes halogenated alkanes) is 21. The molecule has 380 valence electrons. The van der Waals surface area contributed by atoms with Gasteiger partial charge in [0.15, 0.2) is 6.10 Å². The fourth-order valence-electron chi connectivity index (χ4n) is 7.37. The van der Waals surface area contributed by atoms with E-state index < -0.39 is 6.10 Å². The highest BCUT2D eigenvalue weighted by Gasteiger charge is 2.16. The van der Waals surface area contributed by atoms with Crippen LogP contribution in [0.5, 0.6) is 0 Å². The van der Waals surface area contributed by atoms with E-state index in [2.05, 4.69) is 135 Å². The summed E-state index contributed by atoms with van der Waals surface area (Å²) in [6.45, 7) is 4.01. The van der Waals surface area contributed by atoms with Crippen LogP contribution in [0.4, 0.5) is 0 Å². The molecule has 0 aliphatic heterocycles. The molecule has 0 aliphatic rings. The Hall–Kier alpha value is -3.70. The largest absolute Gasteiger partial charge is 0.462 e. The van der Waals surface area contributed by atoms with Crippen molar-refractivity contribution in [1.29, 1.82) is 0 Å². The molecule has 5 heteroatoms. The van der Waals surface area contributed by atoms with Crippen LogP contribution >= 0.6 is 0 Å². The number of carbonyl (C=O) groups is 2. The van der Waals surface area contributed by atoms with Gasteiger partial charge in [0, 0.05) is 12.8 Å².